The van der Waals surface area contributed by atoms with Crippen molar-refractivity contribution in [3.8, 4) is 17.2 Å². The van der Waals surface area contributed by atoms with Crippen LogP contribution in [-0.4, -0.2) is 22.7 Å². The molecule has 4 aromatic rings. The number of benzene rings is 3. The maximum atomic E-state index is 12.1. The predicted molar refractivity (Wildman–Crippen MR) is 107 cm³/mol. The van der Waals surface area contributed by atoms with Crippen LogP contribution in [0, 0.1) is 13.8 Å². The van der Waals surface area contributed by atoms with Crippen LogP contribution in [0.2, 0.25) is 0 Å². The zero-order valence-corrected chi connectivity index (χ0v) is 15.6. The molecule has 0 unspecified atom stereocenters. The molecule has 1 N–H and O–H groups in total. The standard InChI is InChI=1S/C22H19N3O3/c1-14-9-15(2)11-18(10-14)21-24-25-22(28-21)23-20(26)13-27-19-8-7-16-5-3-4-6-17(16)12-19/h3-12H,13H2,1-2H3,(H,23,25,26). The molecule has 0 saturated heterocycles. The predicted octanol–water partition coefficient (Wildman–Crippen LogP) is 4.52. The number of aromatic nitrogens is 2. The summed E-state index contributed by atoms with van der Waals surface area (Å²) in [6, 6.07) is 19.7. The number of fused-ring (bicyclic) bond motifs is 1. The van der Waals surface area contributed by atoms with Crippen molar-refractivity contribution in [2.45, 2.75) is 13.8 Å². The van der Waals surface area contributed by atoms with E-state index in [9.17, 15) is 4.79 Å². The number of amides is 1. The third-order valence-electron chi connectivity index (χ3n) is 4.23. The van der Waals surface area contributed by atoms with E-state index in [-0.39, 0.29) is 18.5 Å². The number of hydrogen-bond donors (Lipinski definition) is 1. The number of hydrogen-bond acceptors (Lipinski definition) is 5. The van der Waals surface area contributed by atoms with E-state index in [2.05, 4.69) is 21.6 Å². The van der Waals surface area contributed by atoms with Gasteiger partial charge in [0.2, 0.25) is 5.89 Å². The summed E-state index contributed by atoms with van der Waals surface area (Å²) < 4.78 is 11.1. The van der Waals surface area contributed by atoms with Crippen LogP contribution in [-0.2, 0) is 4.79 Å². The highest BCUT2D eigenvalue weighted by Gasteiger charge is 2.12. The van der Waals surface area contributed by atoms with Crippen molar-refractivity contribution in [3.05, 3.63) is 71.8 Å². The molecular formula is C22H19N3O3. The molecule has 4 rings (SSSR count). The summed E-state index contributed by atoms with van der Waals surface area (Å²) in [5, 5.41) is 12.6. The third kappa shape index (κ3) is 4.01. The van der Waals surface area contributed by atoms with Gasteiger partial charge in [0, 0.05) is 5.56 Å². The fourth-order valence-corrected chi connectivity index (χ4v) is 3.05. The van der Waals surface area contributed by atoms with Crippen molar-refractivity contribution in [3.63, 3.8) is 0 Å². The van der Waals surface area contributed by atoms with Gasteiger partial charge in [-0.15, -0.1) is 5.10 Å². The van der Waals surface area contributed by atoms with Crippen LogP contribution in [0.5, 0.6) is 5.75 Å². The van der Waals surface area contributed by atoms with Gasteiger partial charge in [-0.25, -0.2) is 0 Å². The van der Waals surface area contributed by atoms with Crippen molar-refractivity contribution in [1.29, 1.82) is 0 Å². The van der Waals surface area contributed by atoms with E-state index in [4.69, 9.17) is 9.15 Å². The largest absolute Gasteiger partial charge is 0.484 e. The minimum Gasteiger partial charge on any atom is -0.484 e. The summed E-state index contributed by atoms with van der Waals surface area (Å²) in [6.07, 6.45) is 0. The average Bonchev–Trinajstić information content (AvgIpc) is 3.14. The summed E-state index contributed by atoms with van der Waals surface area (Å²) in [4.78, 5) is 12.1. The Bertz CT molecular complexity index is 1130. The molecule has 3 aromatic carbocycles. The highest BCUT2D eigenvalue weighted by atomic mass is 16.5. The van der Waals surface area contributed by atoms with Crippen molar-refractivity contribution in [2.24, 2.45) is 0 Å². The number of nitrogens with one attached hydrogen (secondary N) is 1. The molecule has 1 heterocycles. The van der Waals surface area contributed by atoms with Gasteiger partial charge in [0.05, 0.1) is 0 Å². The van der Waals surface area contributed by atoms with Crippen molar-refractivity contribution in [1.82, 2.24) is 10.2 Å². The maximum Gasteiger partial charge on any atom is 0.322 e. The first-order valence-electron chi connectivity index (χ1n) is 8.90. The monoisotopic (exact) mass is 373 g/mol. The first-order chi connectivity index (χ1) is 13.6. The number of carbonyl (C=O) groups excluding carboxylic acids is 1. The first kappa shape index (κ1) is 17.7. The Morgan fingerprint density at radius 3 is 2.50 bits per heavy atom. The highest BCUT2D eigenvalue weighted by molar-refractivity contribution is 5.90. The molecule has 6 nitrogen and oxygen atoms in total. The van der Waals surface area contributed by atoms with Gasteiger partial charge in [0.1, 0.15) is 5.75 Å². The molecule has 0 bridgehead atoms. The second-order valence-corrected chi connectivity index (χ2v) is 6.63. The van der Waals surface area contributed by atoms with Crippen LogP contribution in [0.4, 0.5) is 6.01 Å². The summed E-state index contributed by atoms with van der Waals surface area (Å²) in [6.45, 7) is 3.85. The molecule has 28 heavy (non-hydrogen) atoms. The van der Waals surface area contributed by atoms with Crippen molar-refractivity contribution < 1.29 is 13.9 Å². The number of rotatable bonds is 5. The molecule has 0 aliphatic rings. The smallest absolute Gasteiger partial charge is 0.322 e. The van der Waals surface area contributed by atoms with Gasteiger partial charge in [-0.2, -0.15) is 0 Å². The van der Waals surface area contributed by atoms with E-state index >= 15 is 0 Å². The molecule has 0 saturated carbocycles. The second-order valence-electron chi connectivity index (χ2n) is 6.63. The third-order valence-corrected chi connectivity index (χ3v) is 4.23. The van der Waals surface area contributed by atoms with E-state index < -0.39 is 0 Å². The molecule has 1 amide bonds. The average molecular weight is 373 g/mol. The molecule has 0 radical (unpaired) electrons. The van der Waals surface area contributed by atoms with E-state index in [1.165, 1.54) is 0 Å². The van der Waals surface area contributed by atoms with Crippen molar-refractivity contribution >= 4 is 22.7 Å². The Balaban J connectivity index is 1.39. The number of nitrogens with zero attached hydrogens (tertiary/aromatic N) is 2. The van der Waals surface area contributed by atoms with Crippen LogP contribution in [0.1, 0.15) is 11.1 Å². The second kappa shape index (κ2) is 7.52. The summed E-state index contributed by atoms with van der Waals surface area (Å²) >= 11 is 0. The van der Waals surface area contributed by atoms with E-state index in [0.29, 0.717) is 11.6 Å². The number of aryl methyl sites for hydroxylation is 2. The van der Waals surface area contributed by atoms with Gasteiger partial charge in [-0.05, 0) is 48.9 Å². The molecule has 0 spiro atoms. The topological polar surface area (TPSA) is 77.2 Å². The van der Waals surface area contributed by atoms with E-state index in [1.54, 1.807) is 0 Å². The lowest BCUT2D eigenvalue weighted by Gasteiger charge is -2.06. The number of anilines is 1. The Morgan fingerprint density at radius 2 is 1.71 bits per heavy atom. The zero-order chi connectivity index (χ0) is 19.5. The highest BCUT2D eigenvalue weighted by Crippen LogP contribution is 2.23. The molecule has 0 fully saturated rings. The van der Waals surface area contributed by atoms with Crippen LogP contribution < -0.4 is 10.1 Å². The van der Waals surface area contributed by atoms with Gasteiger partial charge in [-0.3, -0.25) is 10.1 Å². The molecule has 0 aliphatic heterocycles. The van der Waals surface area contributed by atoms with Crippen LogP contribution in [0.15, 0.2) is 65.1 Å². The maximum absolute atomic E-state index is 12.1. The van der Waals surface area contributed by atoms with Gasteiger partial charge in [0.25, 0.3) is 5.91 Å². The minimum atomic E-state index is -0.371. The normalized spacial score (nSPS) is 10.8. The molecule has 0 aliphatic carbocycles. The van der Waals surface area contributed by atoms with Gasteiger partial charge < -0.3 is 9.15 Å². The SMILES string of the molecule is Cc1cc(C)cc(-c2nnc(NC(=O)COc3ccc4ccccc4c3)o2)c1. The zero-order valence-electron chi connectivity index (χ0n) is 15.6. The fourth-order valence-electron chi connectivity index (χ4n) is 3.05. The lowest BCUT2D eigenvalue weighted by Crippen LogP contribution is -2.20. The van der Waals surface area contributed by atoms with Crippen molar-refractivity contribution in [2.75, 3.05) is 11.9 Å². The van der Waals surface area contributed by atoms with E-state index in [1.807, 2.05) is 68.4 Å². The number of carbonyl (C=O) groups is 1. The molecule has 1 aromatic heterocycles. The van der Waals surface area contributed by atoms with Gasteiger partial charge in [0.15, 0.2) is 6.61 Å². The molecular weight excluding hydrogens is 354 g/mol. The van der Waals surface area contributed by atoms with Gasteiger partial charge >= 0.3 is 6.01 Å². The quantitative estimate of drug-likeness (QED) is 0.556. The van der Waals surface area contributed by atoms with Crippen LogP contribution in [0.3, 0.4) is 0 Å². The molecule has 140 valence electrons. The summed E-state index contributed by atoms with van der Waals surface area (Å²) in [5.74, 6) is 0.608. The van der Waals surface area contributed by atoms with Crippen LogP contribution >= 0.6 is 0 Å². The molecule has 0 atom stereocenters. The Morgan fingerprint density at radius 1 is 0.964 bits per heavy atom. The van der Waals surface area contributed by atoms with E-state index in [0.717, 1.165) is 27.5 Å². The Labute approximate surface area is 162 Å². The first-order valence-corrected chi connectivity index (χ1v) is 8.90. The van der Waals surface area contributed by atoms with Crippen LogP contribution in [0.25, 0.3) is 22.2 Å². The lowest BCUT2D eigenvalue weighted by atomic mass is 10.1. The minimum absolute atomic E-state index is 0.0428. The summed E-state index contributed by atoms with van der Waals surface area (Å²) in [7, 11) is 0. The Kier molecular flexibility index (Phi) is 4.76. The fraction of sp³-hybridized carbons (Fsp3) is 0.136. The lowest BCUT2D eigenvalue weighted by molar-refractivity contribution is -0.118. The Hall–Kier alpha value is -3.67. The van der Waals surface area contributed by atoms with Gasteiger partial charge in [-0.1, -0.05) is 52.6 Å². The molecule has 6 heteroatoms. The number of ether oxygens (including phenoxy) is 1. The summed E-state index contributed by atoms with van der Waals surface area (Å²) in [5.41, 5.74) is 3.02.